The number of amides is 3. The molecule has 202 valence electrons. The Labute approximate surface area is 230 Å². The van der Waals surface area contributed by atoms with Gasteiger partial charge in [-0.2, -0.15) is 0 Å². The number of esters is 1. The lowest BCUT2D eigenvalue weighted by molar-refractivity contribution is -0.139. The molecule has 1 fully saturated rings. The molecule has 3 aromatic rings. The average molecular weight is 549 g/mol. The number of methoxy groups -OCH3 is 1. The molecule has 0 saturated carbocycles. The molecule has 3 amide bonds. The monoisotopic (exact) mass is 548 g/mol. The molecule has 1 aromatic carbocycles. The number of pyridine rings is 1. The Bertz CT molecular complexity index is 1420. The highest BCUT2D eigenvalue weighted by atomic mass is 35.5. The van der Waals surface area contributed by atoms with Gasteiger partial charge in [-0.3, -0.25) is 14.6 Å². The van der Waals surface area contributed by atoms with E-state index in [-0.39, 0.29) is 36.4 Å². The maximum atomic E-state index is 13.3. The Morgan fingerprint density at radius 1 is 1.18 bits per heavy atom. The maximum Gasteiger partial charge on any atom is 0.318 e. The van der Waals surface area contributed by atoms with Gasteiger partial charge < -0.3 is 25.3 Å². The standard InChI is InChI=1S/C28H29ClN6O4/c1-39-26(37)14-17-7-8-19-21(13-17)32-25(36)6-4-2-3-5-24(27-31-16-23(19)33-27)35-12-10-20(34-28(35)38)22-15-18(29)9-11-30-22/h2-3,7-9,11,13,15-16,20,24H,4-6,10,12,14H2,1H3,(H,31,33)(H,32,36)(H,34,38)/b3-2+/t20?,24-/m0/s1. The molecule has 2 aromatic heterocycles. The number of halogens is 1. The summed E-state index contributed by atoms with van der Waals surface area (Å²) >= 11 is 6.13. The molecule has 3 N–H and O–H groups in total. The number of benzene rings is 1. The third kappa shape index (κ3) is 6.12. The number of hydrogen-bond donors (Lipinski definition) is 3. The molecule has 4 heterocycles. The Balaban J connectivity index is 1.43. The summed E-state index contributed by atoms with van der Waals surface area (Å²) in [5.41, 5.74) is 3.44. The molecule has 2 aliphatic rings. The van der Waals surface area contributed by atoms with E-state index in [9.17, 15) is 14.4 Å². The van der Waals surface area contributed by atoms with Crippen LogP contribution in [0.1, 0.15) is 54.8 Å². The summed E-state index contributed by atoms with van der Waals surface area (Å²) < 4.78 is 4.79. The molecular weight excluding hydrogens is 520 g/mol. The van der Waals surface area contributed by atoms with Crippen molar-refractivity contribution in [3.63, 3.8) is 0 Å². The second kappa shape index (κ2) is 11.7. The first-order valence-electron chi connectivity index (χ1n) is 12.8. The zero-order valence-corrected chi connectivity index (χ0v) is 22.2. The lowest BCUT2D eigenvalue weighted by Crippen LogP contribution is -2.49. The highest BCUT2D eigenvalue weighted by molar-refractivity contribution is 6.30. The van der Waals surface area contributed by atoms with Crippen LogP contribution < -0.4 is 10.6 Å². The molecule has 10 nitrogen and oxygen atoms in total. The Hall–Kier alpha value is -4.18. The van der Waals surface area contributed by atoms with Gasteiger partial charge in [-0.1, -0.05) is 35.9 Å². The van der Waals surface area contributed by atoms with Crippen molar-refractivity contribution in [2.75, 3.05) is 19.0 Å². The van der Waals surface area contributed by atoms with Crippen LogP contribution >= 0.6 is 11.6 Å². The number of carbonyl (C=O) groups excluding carboxylic acids is 3. The molecule has 11 heteroatoms. The summed E-state index contributed by atoms with van der Waals surface area (Å²) in [5.74, 6) is 0.137. The summed E-state index contributed by atoms with van der Waals surface area (Å²) in [6, 6.07) is 8.14. The highest BCUT2D eigenvalue weighted by Gasteiger charge is 2.33. The normalized spacial score (nSPS) is 20.4. The van der Waals surface area contributed by atoms with Crippen molar-refractivity contribution < 1.29 is 19.1 Å². The number of hydrogen-bond acceptors (Lipinski definition) is 6. The van der Waals surface area contributed by atoms with Crippen LogP contribution in [0.3, 0.4) is 0 Å². The summed E-state index contributed by atoms with van der Waals surface area (Å²) in [7, 11) is 1.34. The van der Waals surface area contributed by atoms with E-state index in [4.69, 9.17) is 16.3 Å². The quantitative estimate of drug-likeness (QED) is 0.320. The van der Waals surface area contributed by atoms with Gasteiger partial charge in [0.05, 0.1) is 48.9 Å². The molecule has 2 aliphatic heterocycles. The maximum absolute atomic E-state index is 13.3. The van der Waals surface area contributed by atoms with E-state index in [0.717, 1.165) is 16.8 Å². The first-order valence-corrected chi connectivity index (χ1v) is 13.2. The number of ether oxygens (including phenoxy) is 1. The van der Waals surface area contributed by atoms with Crippen molar-refractivity contribution in [2.24, 2.45) is 0 Å². The number of aromatic amines is 1. The molecule has 2 atom stereocenters. The number of anilines is 1. The summed E-state index contributed by atoms with van der Waals surface area (Å²) in [6.07, 6.45) is 9.40. The van der Waals surface area contributed by atoms with Crippen molar-refractivity contribution in [1.82, 2.24) is 25.2 Å². The van der Waals surface area contributed by atoms with Crippen LogP contribution in [0.25, 0.3) is 11.3 Å². The van der Waals surface area contributed by atoms with Crippen molar-refractivity contribution in [3.8, 4) is 11.3 Å². The average Bonchev–Trinajstić information content (AvgIpc) is 3.40. The fourth-order valence-electron chi connectivity index (χ4n) is 4.88. The number of carbonyl (C=O) groups is 3. The molecular formula is C28H29ClN6O4. The van der Waals surface area contributed by atoms with E-state index < -0.39 is 0 Å². The van der Waals surface area contributed by atoms with Crippen LogP contribution in [0.4, 0.5) is 10.5 Å². The molecule has 5 rings (SSSR count). The Morgan fingerprint density at radius 3 is 2.85 bits per heavy atom. The lowest BCUT2D eigenvalue weighted by Gasteiger charge is -2.37. The minimum Gasteiger partial charge on any atom is -0.469 e. The third-order valence-electron chi connectivity index (χ3n) is 6.89. The number of rotatable bonds is 4. The predicted octanol–water partition coefficient (Wildman–Crippen LogP) is 4.72. The number of fused-ring (bicyclic) bond motifs is 4. The number of nitrogens with one attached hydrogen (secondary N) is 3. The van der Waals surface area contributed by atoms with Crippen molar-refractivity contribution in [3.05, 3.63) is 77.0 Å². The van der Waals surface area contributed by atoms with E-state index in [0.29, 0.717) is 54.5 Å². The van der Waals surface area contributed by atoms with Gasteiger partial charge in [-0.25, -0.2) is 9.78 Å². The van der Waals surface area contributed by atoms with Gasteiger partial charge >= 0.3 is 12.0 Å². The van der Waals surface area contributed by atoms with Crippen LogP contribution in [-0.4, -0.2) is 51.4 Å². The number of allylic oxidation sites excluding steroid dienone is 1. The Kier molecular flexibility index (Phi) is 7.92. The number of urea groups is 1. The number of nitrogens with zero attached hydrogens (tertiary/aromatic N) is 3. The van der Waals surface area contributed by atoms with E-state index in [1.165, 1.54) is 7.11 Å². The fourth-order valence-corrected chi connectivity index (χ4v) is 5.05. The van der Waals surface area contributed by atoms with Crippen molar-refractivity contribution in [2.45, 2.75) is 44.2 Å². The van der Waals surface area contributed by atoms with Gasteiger partial charge in [0.25, 0.3) is 0 Å². The lowest BCUT2D eigenvalue weighted by atomic mass is 10.0. The van der Waals surface area contributed by atoms with Gasteiger partial charge in [-0.05, 0) is 43.0 Å². The minimum atomic E-state index is -0.365. The van der Waals surface area contributed by atoms with Gasteiger partial charge in [0.2, 0.25) is 5.91 Å². The first kappa shape index (κ1) is 26.4. The number of aromatic nitrogens is 3. The van der Waals surface area contributed by atoms with Crippen LogP contribution in [0.2, 0.25) is 5.02 Å². The molecule has 0 radical (unpaired) electrons. The number of imidazole rings is 1. The van der Waals surface area contributed by atoms with Gasteiger partial charge in [0.1, 0.15) is 5.82 Å². The van der Waals surface area contributed by atoms with E-state index in [1.54, 1.807) is 35.5 Å². The van der Waals surface area contributed by atoms with Crippen molar-refractivity contribution >= 4 is 35.2 Å². The van der Waals surface area contributed by atoms with Gasteiger partial charge in [0.15, 0.2) is 0 Å². The van der Waals surface area contributed by atoms with Crippen LogP contribution in [0.15, 0.2) is 54.9 Å². The second-order valence-corrected chi connectivity index (χ2v) is 9.94. The minimum absolute atomic E-state index is 0.0917. The van der Waals surface area contributed by atoms with Crippen LogP contribution in [0.5, 0.6) is 0 Å². The molecule has 1 unspecified atom stereocenters. The first-order chi connectivity index (χ1) is 18.9. The topological polar surface area (TPSA) is 129 Å². The predicted molar refractivity (Wildman–Crippen MR) is 146 cm³/mol. The Morgan fingerprint density at radius 2 is 2.05 bits per heavy atom. The summed E-state index contributed by atoms with van der Waals surface area (Å²) in [6.45, 7) is 0.507. The summed E-state index contributed by atoms with van der Waals surface area (Å²) in [4.78, 5) is 52.0. The smallest absolute Gasteiger partial charge is 0.318 e. The molecule has 2 bridgehead atoms. The molecule has 0 spiro atoms. The third-order valence-corrected chi connectivity index (χ3v) is 7.13. The molecule has 1 saturated heterocycles. The zero-order chi connectivity index (χ0) is 27.4. The van der Waals surface area contributed by atoms with E-state index >= 15 is 0 Å². The van der Waals surface area contributed by atoms with Gasteiger partial charge in [0, 0.05) is 29.7 Å². The highest BCUT2D eigenvalue weighted by Crippen LogP contribution is 2.33. The molecule has 39 heavy (non-hydrogen) atoms. The number of H-pyrrole nitrogens is 1. The SMILES string of the molecule is COC(=O)Cc1ccc2c(c1)NC(=O)CC/C=C/C[C@H](N1CCC(c3cc(Cl)ccn3)NC1=O)c1ncc-2[nH]1. The second-order valence-electron chi connectivity index (χ2n) is 9.51. The van der Waals surface area contributed by atoms with E-state index in [1.807, 2.05) is 24.3 Å². The van der Waals surface area contributed by atoms with Crippen LogP contribution in [-0.2, 0) is 20.7 Å². The van der Waals surface area contributed by atoms with Crippen LogP contribution in [0, 0.1) is 0 Å². The van der Waals surface area contributed by atoms with Crippen molar-refractivity contribution in [1.29, 1.82) is 0 Å². The summed E-state index contributed by atoms with van der Waals surface area (Å²) in [5, 5.41) is 6.61. The largest absolute Gasteiger partial charge is 0.469 e. The van der Waals surface area contributed by atoms with E-state index in [2.05, 4.69) is 25.6 Å². The molecule has 0 aliphatic carbocycles. The zero-order valence-electron chi connectivity index (χ0n) is 21.4. The van der Waals surface area contributed by atoms with Gasteiger partial charge in [-0.15, -0.1) is 0 Å². The fraction of sp³-hybridized carbons (Fsp3) is 0.321.